The smallest absolute Gasteiger partial charge is 0.0659 e. The topological polar surface area (TPSA) is 48.1 Å². The molecule has 1 heterocycles. The average molecular weight is 194 g/mol. The lowest BCUT2D eigenvalue weighted by Gasteiger charge is -2.12. The summed E-state index contributed by atoms with van der Waals surface area (Å²) < 4.78 is 5.39. The molecule has 78 valence electrons. The van der Waals surface area contributed by atoms with Crippen molar-refractivity contribution in [2.24, 2.45) is 5.73 Å². The highest BCUT2D eigenvalue weighted by Gasteiger charge is 2.05. The Morgan fingerprint density at radius 1 is 1.50 bits per heavy atom. The lowest BCUT2D eigenvalue weighted by molar-refractivity contribution is 0.121. The van der Waals surface area contributed by atoms with Crippen molar-refractivity contribution in [1.29, 1.82) is 0 Å². The molecule has 0 amide bonds. The fraction of sp³-hybridized carbons (Fsp3) is 0.545. The number of nitrogens with zero attached hydrogens (tertiary/aromatic N) is 1. The number of pyridine rings is 1. The van der Waals surface area contributed by atoms with Crippen molar-refractivity contribution in [3.63, 3.8) is 0 Å². The Bertz CT molecular complexity index is 276. The number of ether oxygens (including phenoxy) is 1. The highest BCUT2D eigenvalue weighted by atomic mass is 16.5. The maximum atomic E-state index is 5.94. The van der Waals surface area contributed by atoms with Crippen molar-refractivity contribution >= 4 is 0 Å². The molecule has 0 saturated heterocycles. The van der Waals surface area contributed by atoms with E-state index in [1.807, 2.05) is 19.2 Å². The van der Waals surface area contributed by atoms with Crippen molar-refractivity contribution in [2.75, 3.05) is 13.2 Å². The molecule has 0 bridgehead atoms. The molecule has 0 spiro atoms. The standard InChI is InChI=1S/C11H18N2O/c1-3-4-14-8-11(12)10-5-9(2)6-13-7-10/h5-7,11H,3-4,8,12H2,1-2H3. The Labute approximate surface area is 85.3 Å². The first-order chi connectivity index (χ1) is 6.74. The third-order valence-electron chi connectivity index (χ3n) is 1.97. The molecule has 1 atom stereocenters. The molecule has 1 aromatic heterocycles. The normalized spacial score (nSPS) is 12.8. The minimum absolute atomic E-state index is 0.0612. The van der Waals surface area contributed by atoms with Crippen LogP contribution in [0.5, 0.6) is 0 Å². The van der Waals surface area contributed by atoms with Gasteiger partial charge in [-0.15, -0.1) is 0 Å². The monoisotopic (exact) mass is 194 g/mol. The molecule has 0 aliphatic heterocycles. The summed E-state index contributed by atoms with van der Waals surface area (Å²) in [5.41, 5.74) is 8.12. The van der Waals surface area contributed by atoms with Crippen molar-refractivity contribution in [2.45, 2.75) is 26.3 Å². The summed E-state index contributed by atoms with van der Waals surface area (Å²) in [7, 11) is 0. The molecule has 14 heavy (non-hydrogen) atoms. The van der Waals surface area contributed by atoms with E-state index in [4.69, 9.17) is 10.5 Å². The van der Waals surface area contributed by atoms with E-state index in [1.54, 1.807) is 6.20 Å². The van der Waals surface area contributed by atoms with Crippen LogP contribution in [0.15, 0.2) is 18.5 Å². The second-order valence-electron chi connectivity index (χ2n) is 3.48. The quantitative estimate of drug-likeness (QED) is 0.727. The van der Waals surface area contributed by atoms with Crippen LogP contribution in [-0.2, 0) is 4.74 Å². The van der Waals surface area contributed by atoms with E-state index in [1.165, 1.54) is 0 Å². The van der Waals surface area contributed by atoms with Gasteiger partial charge in [0.25, 0.3) is 0 Å². The summed E-state index contributed by atoms with van der Waals surface area (Å²) in [5, 5.41) is 0. The van der Waals surface area contributed by atoms with Crippen LogP contribution < -0.4 is 5.73 Å². The maximum absolute atomic E-state index is 5.94. The summed E-state index contributed by atoms with van der Waals surface area (Å²) in [4.78, 5) is 4.10. The summed E-state index contributed by atoms with van der Waals surface area (Å²) in [6.07, 6.45) is 4.65. The number of nitrogens with two attached hydrogens (primary N) is 1. The number of aromatic nitrogens is 1. The van der Waals surface area contributed by atoms with Gasteiger partial charge in [-0.25, -0.2) is 0 Å². The molecule has 1 rings (SSSR count). The van der Waals surface area contributed by atoms with Crippen LogP contribution in [-0.4, -0.2) is 18.2 Å². The van der Waals surface area contributed by atoms with E-state index in [-0.39, 0.29) is 6.04 Å². The largest absolute Gasteiger partial charge is 0.379 e. The zero-order valence-corrected chi connectivity index (χ0v) is 8.86. The van der Waals surface area contributed by atoms with Crippen molar-refractivity contribution in [1.82, 2.24) is 4.98 Å². The molecule has 0 aromatic carbocycles. The second kappa shape index (κ2) is 5.73. The van der Waals surface area contributed by atoms with E-state index in [9.17, 15) is 0 Å². The van der Waals surface area contributed by atoms with Gasteiger partial charge in [0.15, 0.2) is 0 Å². The molecular weight excluding hydrogens is 176 g/mol. The van der Waals surface area contributed by atoms with E-state index in [2.05, 4.69) is 11.9 Å². The molecule has 0 fully saturated rings. The average Bonchev–Trinajstić information content (AvgIpc) is 2.18. The Morgan fingerprint density at radius 3 is 2.93 bits per heavy atom. The van der Waals surface area contributed by atoms with Crippen LogP contribution in [0.1, 0.15) is 30.5 Å². The molecule has 0 aliphatic rings. The van der Waals surface area contributed by atoms with E-state index < -0.39 is 0 Å². The Morgan fingerprint density at radius 2 is 2.29 bits per heavy atom. The lowest BCUT2D eigenvalue weighted by atomic mass is 10.1. The van der Waals surface area contributed by atoms with Crippen LogP contribution in [0.25, 0.3) is 0 Å². The first-order valence-corrected chi connectivity index (χ1v) is 4.99. The molecule has 3 nitrogen and oxygen atoms in total. The third kappa shape index (κ3) is 3.44. The molecule has 3 heteroatoms. The second-order valence-corrected chi connectivity index (χ2v) is 3.48. The molecule has 1 unspecified atom stereocenters. The summed E-state index contributed by atoms with van der Waals surface area (Å²) in [5.74, 6) is 0. The number of aryl methyl sites for hydroxylation is 1. The summed E-state index contributed by atoms with van der Waals surface area (Å²) in [6.45, 7) is 5.43. The number of rotatable bonds is 5. The molecule has 0 saturated carbocycles. The minimum atomic E-state index is -0.0612. The van der Waals surface area contributed by atoms with Gasteiger partial charge >= 0.3 is 0 Å². The molecule has 1 aromatic rings. The van der Waals surface area contributed by atoms with Gasteiger partial charge in [-0.1, -0.05) is 13.0 Å². The lowest BCUT2D eigenvalue weighted by Crippen LogP contribution is -2.17. The van der Waals surface area contributed by atoms with E-state index in [0.717, 1.165) is 24.2 Å². The fourth-order valence-corrected chi connectivity index (χ4v) is 1.23. The molecule has 0 radical (unpaired) electrons. The zero-order chi connectivity index (χ0) is 10.4. The SMILES string of the molecule is CCCOCC(N)c1cncc(C)c1. The summed E-state index contributed by atoms with van der Waals surface area (Å²) >= 11 is 0. The third-order valence-corrected chi connectivity index (χ3v) is 1.97. The van der Waals surface area contributed by atoms with Gasteiger partial charge in [0.05, 0.1) is 12.6 Å². The molecular formula is C11H18N2O. The van der Waals surface area contributed by atoms with Crippen molar-refractivity contribution in [3.05, 3.63) is 29.6 Å². The van der Waals surface area contributed by atoms with Gasteiger partial charge in [-0.3, -0.25) is 4.98 Å². The van der Waals surface area contributed by atoms with Gasteiger partial charge in [-0.05, 0) is 24.5 Å². The van der Waals surface area contributed by atoms with Crippen LogP contribution in [0.2, 0.25) is 0 Å². The minimum Gasteiger partial charge on any atom is -0.379 e. The predicted octanol–water partition coefficient (Wildman–Crippen LogP) is 1.82. The fourth-order valence-electron chi connectivity index (χ4n) is 1.23. The zero-order valence-electron chi connectivity index (χ0n) is 8.86. The van der Waals surface area contributed by atoms with Gasteiger partial charge in [0.1, 0.15) is 0 Å². The van der Waals surface area contributed by atoms with E-state index in [0.29, 0.717) is 6.61 Å². The van der Waals surface area contributed by atoms with Crippen LogP contribution in [0, 0.1) is 6.92 Å². The first kappa shape index (κ1) is 11.1. The maximum Gasteiger partial charge on any atom is 0.0659 e. The molecule has 2 N–H and O–H groups in total. The molecule has 0 aliphatic carbocycles. The Kier molecular flexibility index (Phi) is 4.56. The Hall–Kier alpha value is -0.930. The predicted molar refractivity (Wildman–Crippen MR) is 57.0 cm³/mol. The van der Waals surface area contributed by atoms with Crippen LogP contribution in [0.3, 0.4) is 0 Å². The highest BCUT2D eigenvalue weighted by Crippen LogP contribution is 2.10. The van der Waals surface area contributed by atoms with Crippen molar-refractivity contribution < 1.29 is 4.74 Å². The van der Waals surface area contributed by atoms with Gasteiger partial charge in [0.2, 0.25) is 0 Å². The van der Waals surface area contributed by atoms with E-state index >= 15 is 0 Å². The highest BCUT2D eigenvalue weighted by molar-refractivity contribution is 5.19. The number of hydrogen-bond donors (Lipinski definition) is 1. The van der Waals surface area contributed by atoms with Crippen LogP contribution in [0.4, 0.5) is 0 Å². The van der Waals surface area contributed by atoms with Gasteiger partial charge in [0, 0.05) is 19.0 Å². The Balaban J connectivity index is 2.47. The summed E-state index contributed by atoms with van der Waals surface area (Å²) in [6, 6.07) is 1.99. The van der Waals surface area contributed by atoms with Crippen LogP contribution >= 0.6 is 0 Å². The number of hydrogen-bond acceptors (Lipinski definition) is 3. The van der Waals surface area contributed by atoms with Crippen molar-refractivity contribution in [3.8, 4) is 0 Å². The van der Waals surface area contributed by atoms with Gasteiger partial charge in [-0.2, -0.15) is 0 Å². The first-order valence-electron chi connectivity index (χ1n) is 4.99. The van der Waals surface area contributed by atoms with Gasteiger partial charge < -0.3 is 10.5 Å².